The van der Waals surface area contributed by atoms with Gasteiger partial charge in [0, 0.05) is 116 Å². The number of carbonyl (C=O) groups excluding carboxylic acids is 15. The summed E-state index contributed by atoms with van der Waals surface area (Å²) in [6.07, 6.45) is 0.591. The molecule has 1 aromatic heterocycles. The first-order chi connectivity index (χ1) is 57.0. The number of hydrogen-bond acceptors (Lipinski definition) is 21. The molecule has 0 aliphatic rings. The monoisotopic (exact) mass is 1760 g/mol. The van der Waals surface area contributed by atoms with E-state index >= 15 is 0 Å². The number of amides is 10. The lowest BCUT2D eigenvalue weighted by atomic mass is 10.2. The Bertz CT molecular complexity index is 5030. The smallest absolute Gasteiger partial charge is 0.252 e. The zero-order chi connectivity index (χ0) is 86.8. The van der Waals surface area contributed by atoms with Crippen molar-refractivity contribution in [2.24, 2.45) is 28.7 Å². The van der Waals surface area contributed by atoms with Crippen molar-refractivity contribution >= 4 is 178 Å². The van der Waals surface area contributed by atoms with Crippen LogP contribution in [0.2, 0.25) is 10.0 Å². The largest absolute Gasteiger partial charge is 0.370 e. The quantitative estimate of drug-likeness (QED) is 0.0180. The van der Waals surface area contributed by atoms with Crippen molar-refractivity contribution in [2.75, 3.05) is 32.7 Å². The molecule has 0 atom stereocenters. The zero-order valence-corrected chi connectivity index (χ0v) is 69.2. The molecule has 9 aromatic carbocycles. The molecule has 15 N–H and O–H groups in total. The van der Waals surface area contributed by atoms with Crippen LogP contribution in [0.15, 0.2) is 260 Å². The highest BCUT2D eigenvalue weighted by atomic mass is 35.5. The van der Waals surface area contributed by atoms with E-state index in [-0.39, 0.29) is 114 Å². The lowest BCUT2D eigenvalue weighted by Crippen LogP contribution is -2.28. The molecule has 10 amide bonds. The van der Waals surface area contributed by atoms with Crippen molar-refractivity contribution in [1.82, 2.24) is 26.6 Å². The summed E-state index contributed by atoms with van der Waals surface area (Å²) in [6.45, 7) is 0.702. The van der Waals surface area contributed by atoms with Crippen LogP contribution in [0.3, 0.4) is 0 Å². The molecule has 0 fully saturated rings. The number of nitrogens with two attached hydrogens (primary N) is 5. The fourth-order valence-electron chi connectivity index (χ4n) is 9.46. The van der Waals surface area contributed by atoms with Gasteiger partial charge in [-0.25, -0.2) is 8.78 Å². The van der Waals surface area contributed by atoms with Gasteiger partial charge in [0.05, 0.1) is 44.8 Å². The summed E-state index contributed by atoms with van der Waals surface area (Å²) in [6, 6.07) is 61.4. The average Bonchev–Trinajstić information content (AvgIpc) is 1.21. The van der Waals surface area contributed by atoms with E-state index in [9.17, 15) is 80.7 Å². The van der Waals surface area contributed by atoms with Crippen LogP contribution < -0.4 is 55.3 Å². The van der Waals surface area contributed by atoms with Gasteiger partial charge in [-0.1, -0.05) is 126 Å². The average molecular weight is 1770 g/mol. The fraction of sp³-hybridized carbons (Fsp3) is 0.131. The Morgan fingerprint density at radius 3 is 0.891 bits per heavy atom. The van der Waals surface area contributed by atoms with Crippen LogP contribution >= 0.6 is 93.3 Å². The van der Waals surface area contributed by atoms with E-state index in [0.717, 1.165) is 63.7 Å². The van der Waals surface area contributed by atoms with E-state index in [1.54, 1.807) is 176 Å². The minimum atomic E-state index is -0.613. The summed E-state index contributed by atoms with van der Waals surface area (Å²) in [7, 11) is 0. The molecule has 0 saturated heterocycles. The molecule has 0 aliphatic heterocycles. The van der Waals surface area contributed by atoms with Crippen molar-refractivity contribution in [3.05, 3.63) is 313 Å². The molecule has 0 spiro atoms. The fourth-order valence-corrected chi connectivity index (χ4v) is 15.1. The van der Waals surface area contributed by atoms with E-state index < -0.39 is 58.1 Å². The number of nitrogens with one attached hydrogen (secondary N) is 5. The van der Waals surface area contributed by atoms with Gasteiger partial charge in [-0.15, -0.1) is 11.3 Å². The number of hydrogen-bond donors (Lipinski definition) is 10. The number of rotatable bonds is 31. The van der Waals surface area contributed by atoms with Crippen LogP contribution in [-0.2, 0) is 35.2 Å². The Hall–Kier alpha value is -12.1. The van der Waals surface area contributed by atoms with Crippen molar-refractivity contribution < 1.29 is 80.7 Å². The molecule has 616 valence electrons. The van der Waals surface area contributed by atoms with Crippen LogP contribution in [0.1, 0.15) is 130 Å². The Labute approximate surface area is 717 Å². The maximum absolute atomic E-state index is 13.7. The number of primary amides is 5. The predicted molar refractivity (Wildman–Crippen MR) is 458 cm³/mol. The SMILES string of the molecule is NC(=O)CCNC(=O)c1ccccc1SC(=O)Cc1cccs1.NC(=O)CCNC(=O)c1ccccc1SC(=O)c1ccc(Cl)cc1.NC(=O)CCNC(=O)c1ccccc1SC(=O)c1ccc(F)cc1.NC(=O)CCNC(=O)c1ccccc1SC(=O)c1ccccc1Cl.NC(=O)CCNC(=O)c1ccccc1SC(=O)c1ccccc1F. The maximum Gasteiger partial charge on any atom is 0.252 e. The second-order valence-electron chi connectivity index (χ2n) is 24.1. The van der Waals surface area contributed by atoms with Gasteiger partial charge in [-0.3, -0.25) is 71.9 Å². The maximum atomic E-state index is 13.7. The molecular formula is C84H76Cl2F2N10O15S6. The topological polar surface area (TPSA) is 446 Å². The van der Waals surface area contributed by atoms with E-state index in [1.165, 1.54) is 53.8 Å². The van der Waals surface area contributed by atoms with Gasteiger partial charge in [0.15, 0.2) is 5.12 Å². The van der Waals surface area contributed by atoms with E-state index in [2.05, 4.69) is 26.6 Å². The number of thioether (sulfide) groups is 5. The van der Waals surface area contributed by atoms with Crippen LogP contribution in [0, 0.1) is 11.6 Å². The molecule has 35 heteroatoms. The second kappa shape index (κ2) is 51.2. The lowest BCUT2D eigenvalue weighted by molar-refractivity contribution is -0.118. The molecule has 119 heavy (non-hydrogen) atoms. The number of benzene rings is 9. The van der Waals surface area contributed by atoms with Crippen molar-refractivity contribution in [3.8, 4) is 0 Å². The second-order valence-corrected chi connectivity index (χ2v) is 31.1. The van der Waals surface area contributed by atoms with Gasteiger partial charge >= 0.3 is 0 Å². The first-order valence-electron chi connectivity index (χ1n) is 35.4. The highest BCUT2D eigenvalue weighted by Crippen LogP contribution is 2.33. The van der Waals surface area contributed by atoms with Gasteiger partial charge in [0.1, 0.15) is 11.6 Å². The first-order valence-corrected chi connectivity index (χ1v) is 41.1. The van der Waals surface area contributed by atoms with Gasteiger partial charge < -0.3 is 55.3 Å². The van der Waals surface area contributed by atoms with Crippen molar-refractivity contribution in [2.45, 2.75) is 63.0 Å². The summed E-state index contributed by atoms with van der Waals surface area (Å²) in [4.78, 5) is 179. The number of thiophene rings is 1. The highest BCUT2D eigenvalue weighted by Gasteiger charge is 2.23. The van der Waals surface area contributed by atoms with Crippen LogP contribution in [-0.4, -0.2) is 117 Å². The van der Waals surface area contributed by atoms with E-state index in [0.29, 0.717) is 79.9 Å². The molecule has 25 nitrogen and oxygen atoms in total. The molecule has 0 bridgehead atoms. The molecule has 0 aliphatic carbocycles. The predicted octanol–water partition coefficient (Wildman–Crippen LogP) is 12.7. The molecule has 0 radical (unpaired) electrons. The molecular weight excluding hydrogens is 1690 g/mol. The summed E-state index contributed by atoms with van der Waals surface area (Å²) in [5.74, 6) is -5.40. The third kappa shape index (κ3) is 34.6. The van der Waals surface area contributed by atoms with Crippen LogP contribution in [0.25, 0.3) is 0 Å². The molecule has 0 saturated carbocycles. The third-order valence-electron chi connectivity index (χ3n) is 15.2. The van der Waals surface area contributed by atoms with E-state index in [1.807, 2.05) is 17.5 Å². The Balaban J connectivity index is 0.000000231. The Morgan fingerprint density at radius 2 is 0.580 bits per heavy atom. The molecule has 10 rings (SSSR count). The van der Waals surface area contributed by atoms with E-state index in [4.69, 9.17) is 51.9 Å². The van der Waals surface area contributed by atoms with Gasteiger partial charge in [-0.05, 0) is 192 Å². The highest BCUT2D eigenvalue weighted by molar-refractivity contribution is 8.15. The zero-order valence-electron chi connectivity index (χ0n) is 62.8. The summed E-state index contributed by atoms with van der Waals surface area (Å²) in [5.41, 5.74) is 28.1. The van der Waals surface area contributed by atoms with Gasteiger partial charge in [0.2, 0.25) is 50.0 Å². The van der Waals surface area contributed by atoms with Crippen molar-refractivity contribution in [3.63, 3.8) is 0 Å². The van der Waals surface area contributed by atoms with Crippen LogP contribution in [0.5, 0.6) is 0 Å². The van der Waals surface area contributed by atoms with Gasteiger partial charge in [-0.2, -0.15) is 0 Å². The van der Waals surface area contributed by atoms with Crippen molar-refractivity contribution in [1.29, 1.82) is 0 Å². The third-order valence-corrected chi connectivity index (χ3v) is 21.6. The minimum Gasteiger partial charge on any atom is -0.370 e. The van der Waals surface area contributed by atoms with Gasteiger partial charge in [0.25, 0.3) is 29.5 Å². The number of halogens is 4. The Morgan fingerprint density at radius 1 is 0.303 bits per heavy atom. The molecule has 10 aromatic rings. The summed E-state index contributed by atoms with van der Waals surface area (Å²) >= 11 is 18.0. The standard InChI is InChI=1S/2C17H15ClN2O3S.2C17H15FN2O3S.C16H16N2O3S2/c18-13-7-3-1-5-11(13)17(23)24-14-8-4-2-6-12(14)16(22)20-10-9-15(19)21;18-12-7-5-11(6-8-12)17(23)24-14-4-2-1-3-13(14)16(22)20-10-9-15(19)21;18-13-7-3-1-5-11(13)17(23)24-14-8-4-2-6-12(14)16(22)20-10-9-15(19)21;18-12-7-5-11(6-8-12)17(23)24-14-4-2-1-3-13(14)16(22)20-10-9-15(19)21;17-14(19)7-8-18-16(21)12-5-1-2-6-13(12)23-15(20)10-11-4-3-9-22-11/h4*1-8H,9-10H2,(H2,19,21)(H,20,22);1-6,9H,7-8,10H2,(H2,17,19)(H,18,21). The van der Waals surface area contributed by atoms with Crippen LogP contribution in [0.4, 0.5) is 8.78 Å². The first kappa shape index (κ1) is 95.8. The normalized spacial score (nSPS) is 10.2. The minimum absolute atomic E-state index is 0.0230. The Kier molecular flexibility index (Phi) is 41.2. The molecule has 0 unspecified atom stereocenters. The summed E-state index contributed by atoms with van der Waals surface area (Å²) < 4.78 is 26.6. The molecule has 1 heterocycles. The lowest BCUT2D eigenvalue weighted by Gasteiger charge is -2.09. The summed E-state index contributed by atoms with van der Waals surface area (Å²) in [5, 5.41) is 14.5. The number of carbonyl (C=O) groups is 15.